The molecule has 0 nitrogen and oxygen atoms in total. The van der Waals surface area contributed by atoms with E-state index in [9.17, 15) is 0 Å². The molecule has 0 heterocycles. The van der Waals surface area contributed by atoms with E-state index in [0.29, 0.717) is 0 Å². The molecule has 0 spiro atoms. The van der Waals surface area contributed by atoms with Gasteiger partial charge in [-0.3, -0.25) is 0 Å². The van der Waals surface area contributed by atoms with Crippen LogP contribution in [0.15, 0.2) is 24.8 Å². The molecular formula is C16H38Si3. The lowest BCUT2D eigenvalue weighted by molar-refractivity contribution is 1.44. The van der Waals surface area contributed by atoms with Crippen molar-refractivity contribution in [3.63, 3.8) is 0 Å². The van der Waals surface area contributed by atoms with Crippen LogP contribution in [0, 0.1) is 0 Å². The first kappa shape index (κ1) is 21.4. The molecule has 3 heteroatoms. The Bertz CT molecular complexity index is 241. The first-order chi connectivity index (χ1) is 8.27. The zero-order valence-electron chi connectivity index (χ0n) is 15.1. The second-order valence-corrected chi connectivity index (χ2v) is 25.6. The highest BCUT2D eigenvalue weighted by atomic mass is 28.3. The topological polar surface area (TPSA) is 0 Å². The summed E-state index contributed by atoms with van der Waals surface area (Å²) in [5, 5.41) is 0. The normalized spacial score (nSPS) is 13.1. The number of allylic oxidation sites excluding steroid dienone is 3. The molecule has 0 saturated carbocycles. The van der Waals surface area contributed by atoms with Crippen molar-refractivity contribution in [3.05, 3.63) is 24.8 Å². The molecule has 0 saturated heterocycles. The number of rotatable bonds is 6. The summed E-state index contributed by atoms with van der Waals surface area (Å²) in [6, 6.07) is 3.93. The van der Waals surface area contributed by atoms with Gasteiger partial charge in [-0.25, -0.2) is 0 Å². The molecule has 0 fully saturated rings. The van der Waals surface area contributed by atoms with Crippen LogP contribution in [-0.4, -0.2) is 24.2 Å². The molecule has 0 aromatic carbocycles. The highest BCUT2D eigenvalue weighted by molar-refractivity contribution is 6.77. The Balaban J connectivity index is 0. The summed E-state index contributed by atoms with van der Waals surface area (Å²) in [5.41, 5.74) is 0. The van der Waals surface area contributed by atoms with E-state index in [0.717, 1.165) is 0 Å². The fourth-order valence-electron chi connectivity index (χ4n) is 1.31. The van der Waals surface area contributed by atoms with E-state index < -0.39 is 24.2 Å². The number of hydrogen-bond donors (Lipinski definition) is 0. The van der Waals surface area contributed by atoms with Crippen molar-refractivity contribution < 1.29 is 0 Å². The van der Waals surface area contributed by atoms with Gasteiger partial charge in [-0.05, 0) is 18.1 Å². The van der Waals surface area contributed by atoms with Crippen molar-refractivity contribution in [2.24, 2.45) is 0 Å². The fourth-order valence-corrected chi connectivity index (χ4v) is 3.92. The van der Waals surface area contributed by atoms with Crippen molar-refractivity contribution in [2.75, 3.05) is 0 Å². The van der Waals surface area contributed by atoms with Crippen LogP contribution in [0.5, 0.6) is 0 Å². The zero-order chi connectivity index (χ0) is 15.7. The third kappa shape index (κ3) is 27.4. The maximum absolute atomic E-state index is 3.68. The monoisotopic (exact) mass is 314 g/mol. The third-order valence-corrected chi connectivity index (χ3v) is 6.82. The predicted molar refractivity (Wildman–Crippen MR) is 104 cm³/mol. The highest BCUT2D eigenvalue weighted by Gasteiger charge is 2.11. The summed E-state index contributed by atoms with van der Waals surface area (Å²) >= 11 is 0. The van der Waals surface area contributed by atoms with Crippen LogP contribution in [0.1, 0.15) is 0 Å². The summed E-state index contributed by atoms with van der Waals surface area (Å²) in [4.78, 5) is 0. The van der Waals surface area contributed by atoms with Crippen molar-refractivity contribution >= 4 is 24.2 Å². The lowest BCUT2D eigenvalue weighted by Crippen LogP contribution is -2.19. The first-order valence-electron chi connectivity index (χ1n) is 7.53. The minimum absolute atomic E-state index is 0.775. The Morgan fingerprint density at radius 1 is 0.579 bits per heavy atom. The van der Waals surface area contributed by atoms with Crippen LogP contribution in [0.25, 0.3) is 0 Å². The lowest BCUT2D eigenvalue weighted by atomic mass is 10.6. The molecule has 0 aliphatic rings. The molecule has 0 aromatic rings. The average Bonchev–Trinajstić information content (AvgIpc) is 2.08. The Kier molecular flexibility index (Phi) is 10.3. The first-order valence-corrected chi connectivity index (χ1v) is 18.6. The fraction of sp³-hybridized carbons (Fsp3) is 0.750. The van der Waals surface area contributed by atoms with E-state index in [1.165, 1.54) is 18.1 Å². The Morgan fingerprint density at radius 3 is 0.947 bits per heavy atom. The summed E-state index contributed by atoms with van der Waals surface area (Å²) < 4.78 is 0. The Hall–Kier alpha value is 0.131. The highest BCUT2D eigenvalue weighted by Crippen LogP contribution is 2.12. The molecule has 114 valence electrons. The van der Waals surface area contributed by atoms with Crippen LogP contribution in [0.2, 0.25) is 77.1 Å². The SMILES string of the molecule is C=CC[Si](C)(C)C.C[Si](C)(C)CC=CC[Si](C)(C)C. The van der Waals surface area contributed by atoms with Crippen LogP contribution in [0.3, 0.4) is 0 Å². The van der Waals surface area contributed by atoms with Crippen molar-refractivity contribution in [3.8, 4) is 0 Å². The van der Waals surface area contributed by atoms with E-state index in [-0.39, 0.29) is 0 Å². The second-order valence-electron chi connectivity index (χ2n) is 9.05. The lowest BCUT2D eigenvalue weighted by Gasteiger charge is -2.14. The summed E-state index contributed by atoms with van der Waals surface area (Å²) in [6.45, 7) is 25.2. The molecular weight excluding hydrogens is 276 g/mol. The average molecular weight is 315 g/mol. The quantitative estimate of drug-likeness (QED) is 0.376. The van der Waals surface area contributed by atoms with Crippen LogP contribution in [0.4, 0.5) is 0 Å². The van der Waals surface area contributed by atoms with Gasteiger partial charge in [-0.1, -0.05) is 77.2 Å². The second kappa shape index (κ2) is 9.14. The standard InChI is InChI=1S/C10H24Si2.C6H14Si/c1-11(2,3)9-7-8-10-12(4,5)6;1-5-6-7(2,3)4/h7-8H,9-10H2,1-6H3;5H,1,6H2,2-4H3. The molecule has 0 radical (unpaired) electrons. The minimum atomic E-state index is -0.825. The molecule has 19 heavy (non-hydrogen) atoms. The number of hydrogen-bond acceptors (Lipinski definition) is 0. The van der Waals surface area contributed by atoms with Gasteiger partial charge < -0.3 is 0 Å². The van der Waals surface area contributed by atoms with Gasteiger partial charge in [-0.2, -0.15) is 0 Å². The van der Waals surface area contributed by atoms with E-state index in [2.05, 4.69) is 77.7 Å². The summed E-state index contributed by atoms with van der Waals surface area (Å²) in [6.07, 6.45) is 6.83. The Labute approximate surface area is 126 Å². The molecule has 0 rings (SSSR count). The summed E-state index contributed by atoms with van der Waals surface area (Å²) in [7, 11) is -2.43. The predicted octanol–water partition coefficient (Wildman–Crippen LogP) is 6.73. The largest absolute Gasteiger partial charge is 0.103 e. The molecule has 0 aromatic heterocycles. The van der Waals surface area contributed by atoms with Gasteiger partial charge in [0.1, 0.15) is 0 Å². The van der Waals surface area contributed by atoms with Gasteiger partial charge in [0, 0.05) is 24.2 Å². The van der Waals surface area contributed by atoms with Crippen molar-refractivity contribution in [1.29, 1.82) is 0 Å². The molecule has 0 atom stereocenters. The van der Waals surface area contributed by atoms with E-state index in [1.54, 1.807) is 0 Å². The van der Waals surface area contributed by atoms with Crippen LogP contribution >= 0.6 is 0 Å². The zero-order valence-corrected chi connectivity index (χ0v) is 18.1. The van der Waals surface area contributed by atoms with E-state index in [1.807, 2.05) is 6.08 Å². The van der Waals surface area contributed by atoms with Gasteiger partial charge >= 0.3 is 0 Å². The molecule has 0 aliphatic carbocycles. The van der Waals surface area contributed by atoms with Crippen molar-refractivity contribution in [2.45, 2.75) is 77.1 Å². The van der Waals surface area contributed by atoms with E-state index in [4.69, 9.17) is 0 Å². The molecule has 0 amide bonds. The molecule has 0 aliphatic heterocycles. The summed E-state index contributed by atoms with van der Waals surface area (Å²) in [5.74, 6) is 0. The third-order valence-electron chi connectivity index (χ3n) is 2.38. The van der Waals surface area contributed by atoms with Gasteiger partial charge in [0.2, 0.25) is 0 Å². The van der Waals surface area contributed by atoms with Gasteiger partial charge in [0.25, 0.3) is 0 Å². The molecule has 0 bridgehead atoms. The Morgan fingerprint density at radius 2 is 0.842 bits per heavy atom. The smallest absolute Gasteiger partial charge is 0.0480 e. The van der Waals surface area contributed by atoms with Crippen LogP contribution in [-0.2, 0) is 0 Å². The van der Waals surface area contributed by atoms with Crippen molar-refractivity contribution in [1.82, 2.24) is 0 Å². The maximum Gasteiger partial charge on any atom is 0.0480 e. The van der Waals surface area contributed by atoms with Gasteiger partial charge in [-0.15, -0.1) is 6.58 Å². The van der Waals surface area contributed by atoms with Crippen LogP contribution < -0.4 is 0 Å². The maximum atomic E-state index is 3.68. The minimum Gasteiger partial charge on any atom is -0.103 e. The van der Waals surface area contributed by atoms with Gasteiger partial charge in [0.15, 0.2) is 0 Å². The van der Waals surface area contributed by atoms with E-state index >= 15 is 0 Å². The molecule has 0 unspecified atom stereocenters. The molecule has 0 N–H and O–H groups in total. The van der Waals surface area contributed by atoms with Gasteiger partial charge in [0.05, 0.1) is 0 Å².